The molecule has 0 atom stereocenters. The van der Waals surface area contributed by atoms with Crippen LogP contribution in [-0.2, 0) is 0 Å². The minimum Gasteiger partial charge on any atom is -0.365 e. The standard InChI is InChI=1S/C12H8ClFN2O2S/c13-6-1-2-7(8(14)5-6)12(18)16-9-3-4-19-10(9)11(15)17/h1-5H,(H2,15,17)(H,16,18). The highest BCUT2D eigenvalue weighted by Gasteiger charge is 2.16. The van der Waals surface area contributed by atoms with E-state index >= 15 is 0 Å². The van der Waals surface area contributed by atoms with Crippen molar-refractivity contribution in [3.05, 3.63) is 50.9 Å². The van der Waals surface area contributed by atoms with Crippen molar-refractivity contribution in [2.75, 3.05) is 5.32 Å². The van der Waals surface area contributed by atoms with Crippen molar-refractivity contribution in [2.24, 2.45) is 5.73 Å². The molecule has 0 saturated carbocycles. The number of rotatable bonds is 3. The van der Waals surface area contributed by atoms with Gasteiger partial charge in [-0.05, 0) is 29.6 Å². The highest BCUT2D eigenvalue weighted by molar-refractivity contribution is 7.12. The van der Waals surface area contributed by atoms with Crippen molar-refractivity contribution in [3.63, 3.8) is 0 Å². The molecule has 0 bridgehead atoms. The Morgan fingerprint density at radius 1 is 1.32 bits per heavy atom. The highest BCUT2D eigenvalue weighted by atomic mass is 35.5. The molecule has 4 nitrogen and oxygen atoms in total. The smallest absolute Gasteiger partial charge is 0.260 e. The van der Waals surface area contributed by atoms with Crippen molar-refractivity contribution in [1.29, 1.82) is 0 Å². The summed E-state index contributed by atoms with van der Waals surface area (Å²) in [6.45, 7) is 0. The van der Waals surface area contributed by atoms with Gasteiger partial charge in [-0.1, -0.05) is 11.6 Å². The molecular formula is C12H8ClFN2O2S. The fourth-order valence-corrected chi connectivity index (χ4v) is 2.32. The molecule has 7 heteroatoms. The molecule has 0 aliphatic rings. The molecule has 1 heterocycles. The lowest BCUT2D eigenvalue weighted by molar-refractivity contribution is 0.100. The van der Waals surface area contributed by atoms with Gasteiger partial charge in [0, 0.05) is 5.02 Å². The van der Waals surface area contributed by atoms with E-state index in [4.69, 9.17) is 17.3 Å². The number of thiophene rings is 1. The zero-order valence-electron chi connectivity index (χ0n) is 9.44. The summed E-state index contributed by atoms with van der Waals surface area (Å²) in [5.74, 6) is -2.06. The van der Waals surface area contributed by atoms with Gasteiger partial charge in [-0.15, -0.1) is 11.3 Å². The van der Waals surface area contributed by atoms with Crippen LogP contribution in [0.4, 0.5) is 10.1 Å². The molecule has 0 saturated heterocycles. The van der Waals surface area contributed by atoms with E-state index in [1.807, 2.05) is 0 Å². The van der Waals surface area contributed by atoms with E-state index in [1.54, 1.807) is 5.38 Å². The van der Waals surface area contributed by atoms with Crippen LogP contribution in [-0.4, -0.2) is 11.8 Å². The Hall–Kier alpha value is -1.92. The molecular weight excluding hydrogens is 291 g/mol. The molecule has 0 aliphatic heterocycles. The molecule has 19 heavy (non-hydrogen) atoms. The molecule has 2 amide bonds. The fourth-order valence-electron chi connectivity index (χ4n) is 1.46. The molecule has 2 rings (SSSR count). The molecule has 98 valence electrons. The first-order chi connectivity index (χ1) is 8.99. The van der Waals surface area contributed by atoms with Gasteiger partial charge < -0.3 is 11.1 Å². The van der Waals surface area contributed by atoms with Gasteiger partial charge in [0.1, 0.15) is 10.7 Å². The number of anilines is 1. The number of hydrogen-bond donors (Lipinski definition) is 2. The number of nitrogens with one attached hydrogen (secondary N) is 1. The SMILES string of the molecule is NC(=O)c1sccc1NC(=O)c1ccc(Cl)cc1F. The van der Waals surface area contributed by atoms with Crippen LogP contribution in [0.3, 0.4) is 0 Å². The van der Waals surface area contributed by atoms with E-state index in [0.717, 1.165) is 17.4 Å². The number of carbonyl (C=O) groups is 2. The molecule has 1 aromatic heterocycles. The molecule has 0 aliphatic carbocycles. The summed E-state index contributed by atoms with van der Waals surface area (Å²) in [5, 5.41) is 4.24. The Morgan fingerprint density at radius 2 is 2.05 bits per heavy atom. The average Bonchev–Trinajstić information content (AvgIpc) is 2.76. The Balaban J connectivity index is 2.26. The first kappa shape index (κ1) is 13.5. The third-order valence-electron chi connectivity index (χ3n) is 2.31. The Morgan fingerprint density at radius 3 is 2.68 bits per heavy atom. The van der Waals surface area contributed by atoms with E-state index in [0.29, 0.717) is 0 Å². The number of amides is 2. The quantitative estimate of drug-likeness (QED) is 0.914. The van der Waals surface area contributed by atoms with Crippen LogP contribution >= 0.6 is 22.9 Å². The topological polar surface area (TPSA) is 72.2 Å². The zero-order chi connectivity index (χ0) is 14.0. The van der Waals surface area contributed by atoms with E-state index < -0.39 is 17.6 Å². The monoisotopic (exact) mass is 298 g/mol. The predicted octanol–water partition coefficient (Wildman–Crippen LogP) is 2.89. The van der Waals surface area contributed by atoms with Crippen molar-refractivity contribution in [3.8, 4) is 0 Å². The first-order valence-corrected chi connectivity index (χ1v) is 6.38. The summed E-state index contributed by atoms with van der Waals surface area (Å²) >= 11 is 6.70. The highest BCUT2D eigenvalue weighted by Crippen LogP contribution is 2.23. The summed E-state index contributed by atoms with van der Waals surface area (Å²) in [6, 6.07) is 5.24. The van der Waals surface area contributed by atoms with Gasteiger partial charge in [-0.2, -0.15) is 0 Å². The van der Waals surface area contributed by atoms with Crippen LogP contribution in [0.25, 0.3) is 0 Å². The first-order valence-electron chi connectivity index (χ1n) is 5.12. The van der Waals surface area contributed by atoms with Gasteiger partial charge in [-0.25, -0.2) is 4.39 Å². The summed E-state index contributed by atoms with van der Waals surface area (Å²) in [7, 11) is 0. The lowest BCUT2D eigenvalue weighted by Gasteiger charge is -2.06. The molecule has 1 aromatic carbocycles. The lowest BCUT2D eigenvalue weighted by Crippen LogP contribution is -2.17. The number of halogens is 2. The second-order valence-electron chi connectivity index (χ2n) is 3.61. The minimum absolute atomic E-state index is 0.161. The largest absolute Gasteiger partial charge is 0.365 e. The van der Waals surface area contributed by atoms with Crippen LogP contribution < -0.4 is 11.1 Å². The normalized spacial score (nSPS) is 10.2. The summed E-state index contributed by atoms with van der Waals surface area (Å²) in [4.78, 5) is 23.2. The van der Waals surface area contributed by atoms with Crippen molar-refractivity contribution >= 4 is 40.4 Å². The summed E-state index contributed by atoms with van der Waals surface area (Å²) in [5.41, 5.74) is 5.25. The second-order valence-corrected chi connectivity index (χ2v) is 4.96. The number of nitrogens with two attached hydrogens (primary N) is 1. The maximum Gasteiger partial charge on any atom is 0.260 e. The third-order valence-corrected chi connectivity index (χ3v) is 3.48. The number of hydrogen-bond acceptors (Lipinski definition) is 3. The van der Waals surface area contributed by atoms with Crippen molar-refractivity contribution < 1.29 is 14.0 Å². The number of primary amides is 1. The summed E-state index contributed by atoms with van der Waals surface area (Å²) in [6.07, 6.45) is 0. The van der Waals surface area contributed by atoms with Crippen molar-refractivity contribution in [1.82, 2.24) is 0 Å². The Labute approximate surface area is 117 Å². The van der Waals surface area contributed by atoms with E-state index in [9.17, 15) is 14.0 Å². The zero-order valence-corrected chi connectivity index (χ0v) is 11.0. The third kappa shape index (κ3) is 2.91. The van der Waals surface area contributed by atoms with Gasteiger partial charge in [0.2, 0.25) is 0 Å². The van der Waals surface area contributed by atoms with Gasteiger partial charge in [-0.3, -0.25) is 9.59 Å². The molecule has 0 spiro atoms. The summed E-state index contributed by atoms with van der Waals surface area (Å²) < 4.78 is 13.6. The molecule has 0 fully saturated rings. The van der Waals surface area contributed by atoms with Gasteiger partial charge in [0.15, 0.2) is 0 Å². The van der Waals surface area contributed by atoms with Gasteiger partial charge in [0.25, 0.3) is 11.8 Å². The Kier molecular flexibility index (Phi) is 3.82. The second kappa shape index (κ2) is 5.38. The van der Waals surface area contributed by atoms with E-state index in [1.165, 1.54) is 18.2 Å². The van der Waals surface area contributed by atoms with Crippen molar-refractivity contribution in [2.45, 2.75) is 0 Å². The molecule has 0 radical (unpaired) electrons. The average molecular weight is 299 g/mol. The van der Waals surface area contributed by atoms with Crippen LogP contribution in [0.2, 0.25) is 5.02 Å². The number of benzene rings is 1. The fraction of sp³-hybridized carbons (Fsp3) is 0. The van der Waals surface area contributed by atoms with Crippen LogP contribution in [0.1, 0.15) is 20.0 Å². The Bertz CT molecular complexity index is 657. The van der Waals surface area contributed by atoms with E-state index in [2.05, 4.69) is 5.32 Å². The lowest BCUT2D eigenvalue weighted by atomic mass is 10.2. The van der Waals surface area contributed by atoms with E-state index in [-0.39, 0.29) is 21.2 Å². The maximum absolute atomic E-state index is 13.6. The van der Waals surface area contributed by atoms with Crippen LogP contribution in [0, 0.1) is 5.82 Å². The van der Waals surface area contributed by atoms with Crippen LogP contribution in [0.5, 0.6) is 0 Å². The number of carbonyl (C=O) groups excluding carboxylic acids is 2. The van der Waals surface area contributed by atoms with Crippen LogP contribution in [0.15, 0.2) is 29.6 Å². The maximum atomic E-state index is 13.6. The molecule has 3 N–H and O–H groups in total. The van der Waals surface area contributed by atoms with Gasteiger partial charge in [0.05, 0.1) is 11.3 Å². The van der Waals surface area contributed by atoms with Gasteiger partial charge >= 0.3 is 0 Å². The predicted molar refractivity (Wildman–Crippen MR) is 72.2 cm³/mol. The minimum atomic E-state index is -0.735. The molecule has 2 aromatic rings. The molecule has 0 unspecified atom stereocenters.